The first kappa shape index (κ1) is 7.80. The molecule has 0 spiro atoms. The van der Waals surface area contributed by atoms with Gasteiger partial charge in [0.25, 0.3) is 0 Å². The summed E-state index contributed by atoms with van der Waals surface area (Å²) in [6.45, 7) is 2.05. The van der Waals surface area contributed by atoms with Crippen LogP contribution in [0.3, 0.4) is 0 Å². The summed E-state index contributed by atoms with van der Waals surface area (Å²) in [5, 5.41) is 6.91. The molecule has 3 nitrogen and oxygen atoms in total. The molecule has 0 bridgehead atoms. The molecule has 3 N–H and O–H groups in total. The van der Waals surface area contributed by atoms with Gasteiger partial charge in [0.2, 0.25) is 0 Å². The van der Waals surface area contributed by atoms with Crippen molar-refractivity contribution in [2.45, 2.75) is 38.1 Å². The molecule has 1 aromatic heterocycles. The zero-order chi connectivity index (χ0) is 8.60. The summed E-state index contributed by atoms with van der Waals surface area (Å²) in [6.07, 6.45) is 6.47. The normalized spacial score (nSPS) is 19.5. The minimum Gasteiger partial charge on any atom is -0.325 e. The highest BCUT2D eigenvalue weighted by molar-refractivity contribution is 5.16. The van der Waals surface area contributed by atoms with Crippen molar-refractivity contribution in [3.05, 3.63) is 17.5 Å². The Balaban J connectivity index is 1.91. The molecule has 2 rings (SSSR count). The molecule has 0 atom stereocenters. The number of aromatic amines is 1. The first-order valence-corrected chi connectivity index (χ1v) is 4.47. The van der Waals surface area contributed by atoms with Crippen LogP contribution in [-0.4, -0.2) is 15.7 Å². The van der Waals surface area contributed by atoms with Crippen molar-refractivity contribution in [2.24, 2.45) is 5.73 Å². The van der Waals surface area contributed by atoms with E-state index in [2.05, 4.69) is 17.1 Å². The molecule has 1 saturated carbocycles. The maximum absolute atomic E-state index is 5.98. The van der Waals surface area contributed by atoms with Crippen molar-refractivity contribution in [1.29, 1.82) is 0 Å². The Labute approximate surface area is 72.4 Å². The third-order valence-electron chi connectivity index (χ3n) is 2.72. The lowest BCUT2D eigenvalue weighted by molar-refractivity contribution is 0.608. The molecular formula is C9H15N3. The fraction of sp³-hybridized carbons (Fsp3) is 0.667. The number of H-pyrrole nitrogens is 1. The smallest absolute Gasteiger partial charge is 0.0522 e. The molecule has 0 amide bonds. The van der Waals surface area contributed by atoms with E-state index in [4.69, 9.17) is 5.73 Å². The molecule has 0 aliphatic heterocycles. The van der Waals surface area contributed by atoms with Gasteiger partial charge in [-0.05, 0) is 38.2 Å². The van der Waals surface area contributed by atoms with Gasteiger partial charge in [0.1, 0.15) is 0 Å². The minimum absolute atomic E-state index is 0.170. The molecule has 0 aromatic carbocycles. The third kappa shape index (κ3) is 1.50. The van der Waals surface area contributed by atoms with Gasteiger partial charge < -0.3 is 5.73 Å². The number of nitrogens with two attached hydrogens (primary N) is 1. The summed E-state index contributed by atoms with van der Waals surface area (Å²) in [5.41, 5.74) is 8.64. The van der Waals surface area contributed by atoms with Crippen LogP contribution in [0, 0.1) is 6.92 Å². The lowest BCUT2D eigenvalue weighted by atomic mass is 10.1. The molecule has 66 valence electrons. The van der Waals surface area contributed by atoms with E-state index < -0.39 is 0 Å². The molecule has 0 saturated heterocycles. The van der Waals surface area contributed by atoms with Crippen LogP contribution in [0.5, 0.6) is 0 Å². The summed E-state index contributed by atoms with van der Waals surface area (Å²) in [7, 11) is 0. The number of nitrogens with zero attached hydrogens (tertiary/aromatic N) is 1. The van der Waals surface area contributed by atoms with Gasteiger partial charge in [-0.1, -0.05) is 0 Å². The second-order valence-corrected chi connectivity index (χ2v) is 3.88. The van der Waals surface area contributed by atoms with Crippen LogP contribution in [-0.2, 0) is 6.42 Å². The highest BCUT2D eigenvalue weighted by atomic mass is 15.1. The second-order valence-electron chi connectivity index (χ2n) is 3.88. The highest BCUT2D eigenvalue weighted by Gasteiger charge is 2.37. The molecule has 3 heteroatoms. The van der Waals surface area contributed by atoms with Gasteiger partial charge in [0.15, 0.2) is 0 Å². The van der Waals surface area contributed by atoms with Crippen LogP contribution in [0.2, 0.25) is 0 Å². The molecule has 12 heavy (non-hydrogen) atoms. The quantitative estimate of drug-likeness (QED) is 0.705. The van der Waals surface area contributed by atoms with Crippen molar-refractivity contribution in [3.63, 3.8) is 0 Å². The van der Waals surface area contributed by atoms with E-state index in [0.717, 1.165) is 12.8 Å². The van der Waals surface area contributed by atoms with Crippen LogP contribution in [0.15, 0.2) is 6.20 Å². The summed E-state index contributed by atoms with van der Waals surface area (Å²) in [5.74, 6) is 0. The molecule has 1 fully saturated rings. The SMILES string of the molecule is Cc1[nH]ncc1CCC1(N)CC1. The Bertz CT molecular complexity index is 273. The zero-order valence-electron chi connectivity index (χ0n) is 7.43. The number of nitrogens with one attached hydrogen (secondary N) is 1. The van der Waals surface area contributed by atoms with Gasteiger partial charge >= 0.3 is 0 Å². The zero-order valence-corrected chi connectivity index (χ0v) is 7.43. The van der Waals surface area contributed by atoms with Crippen molar-refractivity contribution >= 4 is 0 Å². The van der Waals surface area contributed by atoms with E-state index >= 15 is 0 Å². The lowest BCUT2D eigenvalue weighted by Crippen LogP contribution is -2.22. The molecule has 0 unspecified atom stereocenters. The van der Waals surface area contributed by atoms with Crippen LogP contribution >= 0.6 is 0 Å². The molecular weight excluding hydrogens is 150 g/mol. The second kappa shape index (κ2) is 2.59. The Morgan fingerprint density at radius 2 is 2.42 bits per heavy atom. The third-order valence-corrected chi connectivity index (χ3v) is 2.72. The Morgan fingerprint density at radius 3 is 2.92 bits per heavy atom. The van der Waals surface area contributed by atoms with Gasteiger partial charge in [-0.25, -0.2) is 0 Å². The standard InChI is InChI=1S/C9H15N3/c1-7-8(6-11-12-7)2-3-9(10)4-5-9/h6H,2-5,10H2,1H3,(H,11,12). The average Bonchev–Trinajstić information content (AvgIpc) is 2.61. The van der Waals surface area contributed by atoms with E-state index in [0.29, 0.717) is 0 Å². The maximum Gasteiger partial charge on any atom is 0.0522 e. The first-order chi connectivity index (χ1) is 5.70. The summed E-state index contributed by atoms with van der Waals surface area (Å²) in [6, 6.07) is 0. The summed E-state index contributed by atoms with van der Waals surface area (Å²) in [4.78, 5) is 0. The van der Waals surface area contributed by atoms with E-state index in [-0.39, 0.29) is 5.54 Å². The Hall–Kier alpha value is -0.830. The van der Waals surface area contributed by atoms with E-state index in [1.165, 1.54) is 24.1 Å². The average molecular weight is 165 g/mol. The Kier molecular flexibility index (Phi) is 1.68. The topological polar surface area (TPSA) is 54.7 Å². The van der Waals surface area contributed by atoms with Gasteiger partial charge in [-0.15, -0.1) is 0 Å². The first-order valence-electron chi connectivity index (χ1n) is 4.47. The number of hydrogen-bond donors (Lipinski definition) is 2. The van der Waals surface area contributed by atoms with Crippen LogP contribution in [0.4, 0.5) is 0 Å². The van der Waals surface area contributed by atoms with Gasteiger partial charge in [0.05, 0.1) is 6.20 Å². The van der Waals surface area contributed by atoms with Crippen molar-refractivity contribution in [3.8, 4) is 0 Å². The fourth-order valence-electron chi connectivity index (χ4n) is 1.42. The van der Waals surface area contributed by atoms with E-state index in [9.17, 15) is 0 Å². The number of rotatable bonds is 3. The predicted molar refractivity (Wildman–Crippen MR) is 47.8 cm³/mol. The highest BCUT2D eigenvalue weighted by Crippen LogP contribution is 2.36. The van der Waals surface area contributed by atoms with Crippen LogP contribution in [0.25, 0.3) is 0 Å². The molecule has 0 radical (unpaired) electrons. The van der Waals surface area contributed by atoms with E-state index in [1.807, 2.05) is 6.20 Å². The summed E-state index contributed by atoms with van der Waals surface area (Å²) < 4.78 is 0. The minimum atomic E-state index is 0.170. The molecule has 1 aromatic rings. The van der Waals surface area contributed by atoms with Crippen LogP contribution < -0.4 is 5.73 Å². The van der Waals surface area contributed by atoms with Gasteiger partial charge in [0, 0.05) is 11.2 Å². The molecule has 1 heterocycles. The maximum atomic E-state index is 5.98. The predicted octanol–water partition coefficient (Wildman–Crippen LogP) is 1.14. The fourth-order valence-corrected chi connectivity index (χ4v) is 1.42. The van der Waals surface area contributed by atoms with Gasteiger partial charge in [-0.2, -0.15) is 5.10 Å². The van der Waals surface area contributed by atoms with Gasteiger partial charge in [-0.3, -0.25) is 5.10 Å². The number of aryl methyl sites for hydroxylation is 2. The largest absolute Gasteiger partial charge is 0.325 e. The van der Waals surface area contributed by atoms with E-state index in [1.54, 1.807) is 0 Å². The number of aromatic nitrogens is 2. The van der Waals surface area contributed by atoms with Crippen molar-refractivity contribution in [1.82, 2.24) is 10.2 Å². The van der Waals surface area contributed by atoms with Crippen molar-refractivity contribution < 1.29 is 0 Å². The van der Waals surface area contributed by atoms with Crippen LogP contribution in [0.1, 0.15) is 30.5 Å². The van der Waals surface area contributed by atoms with Crippen molar-refractivity contribution in [2.75, 3.05) is 0 Å². The monoisotopic (exact) mass is 165 g/mol. The lowest BCUT2D eigenvalue weighted by Gasteiger charge is -2.06. The Morgan fingerprint density at radius 1 is 1.67 bits per heavy atom. The number of hydrogen-bond acceptors (Lipinski definition) is 2. The molecule has 1 aliphatic carbocycles. The molecule has 1 aliphatic rings. The summed E-state index contributed by atoms with van der Waals surface area (Å²) >= 11 is 0.